The molecule has 1 fully saturated rings. The number of fused-ring (bicyclic) bond motifs is 4. The molecule has 0 amide bonds. The zero-order chi connectivity index (χ0) is 27.3. The summed E-state index contributed by atoms with van der Waals surface area (Å²) >= 11 is 0. The van der Waals surface area contributed by atoms with Gasteiger partial charge in [0.05, 0.1) is 16.7 Å². The SMILES string of the molecule is CC(C)(C)c1ccnc(N2CC3CCCCC3c3ccc(Oc4cccc(-n5cnc6ccccc65)c4)cc32)c1. The lowest BCUT2D eigenvalue weighted by Crippen LogP contribution is -2.37. The van der Waals surface area contributed by atoms with Crippen molar-refractivity contribution < 1.29 is 4.74 Å². The number of hydrogen-bond donors (Lipinski definition) is 0. The van der Waals surface area contributed by atoms with E-state index in [4.69, 9.17) is 9.72 Å². The van der Waals surface area contributed by atoms with Gasteiger partial charge in [-0.1, -0.05) is 57.9 Å². The molecule has 5 heteroatoms. The summed E-state index contributed by atoms with van der Waals surface area (Å²) in [4.78, 5) is 11.9. The highest BCUT2D eigenvalue weighted by molar-refractivity contribution is 5.77. The maximum atomic E-state index is 6.51. The van der Waals surface area contributed by atoms with Gasteiger partial charge in [0.2, 0.25) is 0 Å². The summed E-state index contributed by atoms with van der Waals surface area (Å²) in [5, 5.41) is 0. The van der Waals surface area contributed by atoms with Gasteiger partial charge in [0.15, 0.2) is 0 Å². The molecule has 2 aromatic heterocycles. The molecule has 2 atom stereocenters. The lowest BCUT2D eigenvalue weighted by molar-refractivity contribution is 0.302. The Labute approximate surface area is 236 Å². The Morgan fingerprint density at radius 3 is 2.58 bits per heavy atom. The van der Waals surface area contributed by atoms with Crippen molar-refractivity contribution in [1.29, 1.82) is 0 Å². The molecule has 3 heterocycles. The summed E-state index contributed by atoms with van der Waals surface area (Å²) in [5.74, 6) is 3.95. The van der Waals surface area contributed by atoms with E-state index in [-0.39, 0.29) is 5.41 Å². The molecule has 7 rings (SSSR count). The molecule has 5 aromatic rings. The Bertz CT molecular complexity index is 1680. The number of anilines is 2. The van der Waals surface area contributed by atoms with Crippen LogP contribution in [-0.2, 0) is 5.41 Å². The lowest BCUT2D eigenvalue weighted by atomic mass is 9.72. The summed E-state index contributed by atoms with van der Waals surface area (Å²) < 4.78 is 8.62. The van der Waals surface area contributed by atoms with Gasteiger partial charge in [-0.3, -0.25) is 4.57 Å². The Kier molecular flexibility index (Phi) is 6.10. The van der Waals surface area contributed by atoms with E-state index < -0.39 is 0 Å². The largest absolute Gasteiger partial charge is 0.457 e. The Morgan fingerprint density at radius 1 is 0.825 bits per heavy atom. The molecular weight excluding hydrogens is 492 g/mol. The Hall–Kier alpha value is -4.12. The number of pyridine rings is 1. The van der Waals surface area contributed by atoms with Crippen LogP contribution in [0.4, 0.5) is 11.5 Å². The monoisotopic (exact) mass is 528 g/mol. The summed E-state index contributed by atoms with van der Waals surface area (Å²) in [6.07, 6.45) is 9.03. The third kappa shape index (κ3) is 4.53. The van der Waals surface area contributed by atoms with Crippen LogP contribution in [0.25, 0.3) is 16.7 Å². The third-order valence-electron chi connectivity index (χ3n) is 8.69. The van der Waals surface area contributed by atoms with Gasteiger partial charge < -0.3 is 9.64 Å². The number of aromatic nitrogens is 3. The Morgan fingerprint density at radius 2 is 1.68 bits per heavy atom. The highest BCUT2D eigenvalue weighted by Gasteiger charge is 2.36. The zero-order valence-corrected chi connectivity index (χ0v) is 23.5. The molecule has 3 aromatic carbocycles. The first-order valence-electron chi connectivity index (χ1n) is 14.5. The molecule has 2 aliphatic rings. The normalized spacial score (nSPS) is 18.8. The van der Waals surface area contributed by atoms with Crippen LogP contribution in [0.2, 0.25) is 0 Å². The number of imidazole rings is 1. The van der Waals surface area contributed by atoms with Gasteiger partial charge in [-0.05, 0) is 83.7 Å². The molecule has 0 radical (unpaired) electrons. The van der Waals surface area contributed by atoms with E-state index in [0.29, 0.717) is 11.8 Å². The molecule has 202 valence electrons. The quantitative estimate of drug-likeness (QED) is 0.234. The van der Waals surface area contributed by atoms with Gasteiger partial charge >= 0.3 is 0 Å². The molecule has 0 N–H and O–H groups in total. The van der Waals surface area contributed by atoms with Crippen molar-refractivity contribution >= 4 is 22.5 Å². The van der Waals surface area contributed by atoms with Gasteiger partial charge in [-0.15, -0.1) is 0 Å². The fourth-order valence-corrected chi connectivity index (χ4v) is 6.55. The first-order valence-corrected chi connectivity index (χ1v) is 14.5. The van der Waals surface area contributed by atoms with E-state index >= 15 is 0 Å². The molecule has 1 aliphatic heterocycles. The smallest absolute Gasteiger partial charge is 0.133 e. The zero-order valence-electron chi connectivity index (χ0n) is 23.5. The minimum atomic E-state index is 0.0697. The number of hydrogen-bond acceptors (Lipinski definition) is 4. The summed E-state index contributed by atoms with van der Waals surface area (Å²) in [6, 6.07) is 27.5. The predicted molar refractivity (Wildman–Crippen MR) is 162 cm³/mol. The van der Waals surface area contributed by atoms with Crippen LogP contribution in [0.1, 0.15) is 63.5 Å². The molecule has 0 saturated heterocycles. The van der Waals surface area contributed by atoms with Crippen LogP contribution in [0.15, 0.2) is 91.4 Å². The second-order valence-electron chi connectivity index (χ2n) is 12.3. The minimum absolute atomic E-state index is 0.0697. The maximum Gasteiger partial charge on any atom is 0.133 e. The average Bonchev–Trinajstić information content (AvgIpc) is 3.41. The van der Waals surface area contributed by atoms with Crippen LogP contribution in [-0.4, -0.2) is 21.1 Å². The van der Waals surface area contributed by atoms with Crippen LogP contribution < -0.4 is 9.64 Å². The van der Waals surface area contributed by atoms with Gasteiger partial charge in [0.1, 0.15) is 23.6 Å². The maximum absolute atomic E-state index is 6.51. The topological polar surface area (TPSA) is 43.2 Å². The Balaban J connectivity index is 1.25. The standard InChI is InChI=1S/C35H36N4O/c1-35(2,3)25-17-18-36-34(19-25)38-22-24-9-4-5-12-29(24)30-16-15-28(21-33(30)38)40-27-11-8-10-26(20-27)39-23-37-31-13-6-7-14-32(31)39/h6-8,10-11,13-21,23-24,29H,4-5,9,12,22H2,1-3H3. The highest BCUT2D eigenvalue weighted by Crippen LogP contribution is 2.49. The van der Waals surface area contributed by atoms with Crippen molar-refractivity contribution in [3.05, 3.63) is 103 Å². The summed E-state index contributed by atoms with van der Waals surface area (Å²) in [5.41, 5.74) is 7.13. The van der Waals surface area contributed by atoms with E-state index in [1.54, 1.807) is 0 Å². The second-order valence-corrected chi connectivity index (χ2v) is 12.3. The third-order valence-corrected chi connectivity index (χ3v) is 8.69. The van der Waals surface area contributed by atoms with Crippen molar-refractivity contribution in [2.45, 2.75) is 57.8 Å². The number of benzene rings is 3. The van der Waals surface area contributed by atoms with Gasteiger partial charge in [-0.25, -0.2) is 9.97 Å². The van der Waals surface area contributed by atoms with Crippen LogP contribution in [0.5, 0.6) is 11.5 Å². The average molecular weight is 529 g/mol. The number of ether oxygens (including phenoxy) is 1. The first kappa shape index (κ1) is 24.9. The first-order chi connectivity index (χ1) is 19.4. The van der Waals surface area contributed by atoms with Crippen molar-refractivity contribution in [3.63, 3.8) is 0 Å². The molecule has 5 nitrogen and oxygen atoms in total. The molecule has 2 unspecified atom stereocenters. The number of para-hydroxylation sites is 2. The molecule has 0 bridgehead atoms. The predicted octanol–water partition coefficient (Wildman–Crippen LogP) is 8.94. The van der Waals surface area contributed by atoms with Crippen molar-refractivity contribution in [3.8, 4) is 17.2 Å². The van der Waals surface area contributed by atoms with E-state index in [2.05, 4.69) is 83.8 Å². The van der Waals surface area contributed by atoms with Crippen LogP contribution >= 0.6 is 0 Å². The van der Waals surface area contributed by atoms with Crippen LogP contribution in [0, 0.1) is 5.92 Å². The van der Waals surface area contributed by atoms with Crippen molar-refractivity contribution in [2.75, 3.05) is 11.4 Å². The second kappa shape index (κ2) is 9.81. The molecule has 1 saturated carbocycles. The minimum Gasteiger partial charge on any atom is -0.457 e. The van der Waals surface area contributed by atoms with Crippen molar-refractivity contribution in [2.24, 2.45) is 5.92 Å². The number of rotatable bonds is 4. The highest BCUT2D eigenvalue weighted by atomic mass is 16.5. The molecule has 40 heavy (non-hydrogen) atoms. The van der Waals surface area contributed by atoms with E-state index in [1.807, 2.05) is 42.9 Å². The fraction of sp³-hybridized carbons (Fsp3) is 0.314. The van der Waals surface area contributed by atoms with E-state index in [9.17, 15) is 0 Å². The van der Waals surface area contributed by atoms with E-state index in [0.717, 1.165) is 40.6 Å². The fourth-order valence-electron chi connectivity index (χ4n) is 6.55. The van der Waals surface area contributed by atoms with E-state index in [1.165, 1.54) is 42.5 Å². The van der Waals surface area contributed by atoms with Crippen molar-refractivity contribution in [1.82, 2.24) is 14.5 Å². The summed E-state index contributed by atoms with van der Waals surface area (Å²) in [7, 11) is 0. The lowest BCUT2D eigenvalue weighted by Gasteiger charge is -2.43. The van der Waals surface area contributed by atoms with Gasteiger partial charge in [0, 0.05) is 30.6 Å². The molecular formula is C35H36N4O. The van der Waals surface area contributed by atoms with Gasteiger partial charge in [-0.2, -0.15) is 0 Å². The molecule has 0 spiro atoms. The number of nitrogens with zero attached hydrogens (tertiary/aromatic N) is 4. The summed E-state index contributed by atoms with van der Waals surface area (Å²) in [6.45, 7) is 7.80. The van der Waals surface area contributed by atoms with Crippen LogP contribution in [0.3, 0.4) is 0 Å². The molecule has 1 aliphatic carbocycles. The van der Waals surface area contributed by atoms with Gasteiger partial charge in [0.25, 0.3) is 0 Å².